The number of aromatic nitrogens is 1. The van der Waals surface area contributed by atoms with Crippen molar-refractivity contribution in [1.29, 1.82) is 0 Å². The van der Waals surface area contributed by atoms with E-state index in [2.05, 4.69) is 42.7 Å². The number of thioether (sulfide) groups is 1. The second-order valence-electron chi connectivity index (χ2n) is 10.4. The maximum Gasteiger partial charge on any atom is 0.218 e. The summed E-state index contributed by atoms with van der Waals surface area (Å²) in [7, 11) is 0. The molecule has 3 aromatic rings. The van der Waals surface area contributed by atoms with Gasteiger partial charge in [0.1, 0.15) is 11.4 Å². The molecule has 0 unspecified atom stereocenters. The van der Waals surface area contributed by atoms with E-state index in [0.717, 1.165) is 55.1 Å². The summed E-state index contributed by atoms with van der Waals surface area (Å²) < 4.78 is 0. The van der Waals surface area contributed by atoms with Crippen LogP contribution in [-0.4, -0.2) is 59.4 Å². The van der Waals surface area contributed by atoms with Gasteiger partial charge in [0.05, 0.1) is 10.7 Å². The van der Waals surface area contributed by atoms with Crippen molar-refractivity contribution < 1.29 is 9.90 Å². The van der Waals surface area contributed by atoms with E-state index in [0.29, 0.717) is 22.0 Å². The molecule has 1 fully saturated rings. The van der Waals surface area contributed by atoms with Gasteiger partial charge in [-0.3, -0.25) is 14.6 Å². The lowest BCUT2D eigenvalue weighted by Gasteiger charge is -2.43. The van der Waals surface area contributed by atoms with Crippen molar-refractivity contribution in [1.82, 2.24) is 9.88 Å². The van der Waals surface area contributed by atoms with Gasteiger partial charge in [-0.25, -0.2) is 4.98 Å². The monoisotopic (exact) mass is 550 g/mol. The van der Waals surface area contributed by atoms with Crippen LogP contribution in [0.4, 0.5) is 11.4 Å². The fourth-order valence-corrected chi connectivity index (χ4v) is 5.29. The fourth-order valence-electron chi connectivity index (χ4n) is 4.76. The molecule has 200 valence electrons. The molecular weight excluding hydrogens is 516 g/mol. The number of carbonyl (C=O) groups excluding carboxylic acids is 1. The van der Waals surface area contributed by atoms with Crippen LogP contribution in [0.25, 0.3) is 22.4 Å². The summed E-state index contributed by atoms with van der Waals surface area (Å²) in [5.41, 5.74) is 5.43. The lowest BCUT2D eigenvalue weighted by molar-refractivity contribution is -0.106. The Kier molecular flexibility index (Phi) is 8.71. The highest BCUT2D eigenvalue weighted by molar-refractivity contribution is 8.01. The van der Waals surface area contributed by atoms with Crippen LogP contribution in [0.3, 0.4) is 0 Å². The Morgan fingerprint density at radius 1 is 1.05 bits per heavy atom. The second-order valence-corrected chi connectivity index (χ2v) is 11.6. The third-order valence-electron chi connectivity index (χ3n) is 6.84. The molecule has 0 aliphatic carbocycles. The molecule has 1 aliphatic heterocycles. The average molecular weight is 551 g/mol. The number of piperazine rings is 1. The first-order valence-corrected chi connectivity index (χ1v) is 14.3. The van der Waals surface area contributed by atoms with Crippen molar-refractivity contribution in [3.05, 3.63) is 70.9 Å². The molecule has 0 atom stereocenters. The summed E-state index contributed by atoms with van der Waals surface area (Å²) in [6, 6.07) is 15.5. The van der Waals surface area contributed by atoms with Crippen LogP contribution < -0.4 is 9.80 Å². The van der Waals surface area contributed by atoms with Gasteiger partial charge in [0, 0.05) is 60.4 Å². The minimum Gasteiger partial charge on any atom is -0.505 e. The fraction of sp³-hybridized carbons (Fsp3) is 0.333. The average Bonchev–Trinajstić information content (AvgIpc) is 2.90. The number of halogens is 1. The van der Waals surface area contributed by atoms with Crippen LogP contribution in [0.5, 0.6) is 5.75 Å². The number of aromatic hydroxyl groups is 1. The molecule has 0 saturated carbocycles. The molecule has 0 spiro atoms. The van der Waals surface area contributed by atoms with Crippen LogP contribution in [0.15, 0.2) is 60.1 Å². The third-order valence-corrected chi connectivity index (χ3v) is 7.54. The number of anilines is 2. The molecule has 2 aromatic carbocycles. The van der Waals surface area contributed by atoms with Gasteiger partial charge in [-0.15, -0.1) is 11.8 Å². The third kappa shape index (κ3) is 6.17. The van der Waals surface area contributed by atoms with E-state index in [1.807, 2.05) is 42.9 Å². The molecule has 2 heterocycles. The van der Waals surface area contributed by atoms with Crippen molar-refractivity contribution in [2.24, 2.45) is 0 Å². The van der Waals surface area contributed by atoms with Crippen LogP contribution in [-0.2, 0) is 4.79 Å². The highest BCUT2D eigenvalue weighted by Crippen LogP contribution is 2.40. The Hall–Kier alpha value is -3.00. The molecule has 4 rings (SSSR count). The summed E-state index contributed by atoms with van der Waals surface area (Å²) in [5.74, 6) is 0.101. The van der Waals surface area contributed by atoms with E-state index in [4.69, 9.17) is 16.6 Å². The summed E-state index contributed by atoms with van der Waals surface area (Å²) in [6.07, 6.45) is 4.30. The molecule has 38 heavy (non-hydrogen) atoms. The lowest BCUT2D eigenvalue weighted by Crippen LogP contribution is -2.53. The van der Waals surface area contributed by atoms with Gasteiger partial charge in [-0.1, -0.05) is 29.8 Å². The molecule has 0 bridgehead atoms. The largest absolute Gasteiger partial charge is 0.505 e. The van der Waals surface area contributed by atoms with E-state index < -0.39 is 0 Å². The van der Waals surface area contributed by atoms with E-state index in [1.165, 1.54) is 16.7 Å². The second kappa shape index (κ2) is 11.8. The lowest BCUT2D eigenvalue weighted by atomic mass is 9.99. The Balaban J connectivity index is 1.65. The van der Waals surface area contributed by atoms with Gasteiger partial charge in [-0.2, -0.15) is 0 Å². The molecule has 1 aliphatic rings. The van der Waals surface area contributed by atoms with Crippen LogP contribution in [0.2, 0.25) is 5.02 Å². The number of amides is 1. The number of rotatable bonds is 7. The maximum atomic E-state index is 11.6. The van der Waals surface area contributed by atoms with Gasteiger partial charge >= 0.3 is 0 Å². The van der Waals surface area contributed by atoms with Gasteiger partial charge in [0.15, 0.2) is 0 Å². The standard InChI is InChI=1S/C30H35ClN4O2S/c1-21-17-25(22-9-10-27(26(31)19-22)34(20-36)15-16-38-5)29(37)28(32-21)23-7-6-8-24(18-23)33-11-13-35(14-12-33)30(2,3)4/h6-10,15-20,37H,11-14H2,1-5H3/b16-15-. The number of benzene rings is 2. The summed E-state index contributed by atoms with van der Waals surface area (Å²) in [5, 5.41) is 13.6. The first-order chi connectivity index (χ1) is 18.1. The molecule has 1 amide bonds. The van der Waals surface area contributed by atoms with Gasteiger partial charge in [0.25, 0.3) is 0 Å². The first kappa shape index (κ1) is 28.0. The molecule has 1 aromatic heterocycles. The van der Waals surface area contributed by atoms with Crippen molar-refractivity contribution in [3.63, 3.8) is 0 Å². The maximum absolute atomic E-state index is 11.6. The van der Waals surface area contributed by atoms with Crippen LogP contribution in [0, 0.1) is 6.92 Å². The van der Waals surface area contributed by atoms with Crippen molar-refractivity contribution in [2.45, 2.75) is 33.2 Å². The number of nitrogens with zero attached hydrogens (tertiary/aromatic N) is 4. The minimum absolute atomic E-state index is 0.101. The van der Waals surface area contributed by atoms with E-state index >= 15 is 0 Å². The number of aryl methyl sites for hydroxylation is 1. The van der Waals surface area contributed by atoms with Crippen LogP contribution >= 0.6 is 23.4 Å². The Morgan fingerprint density at radius 2 is 1.79 bits per heavy atom. The Bertz CT molecular complexity index is 1330. The number of hydrogen-bond donors (Lipinski definition) is 1. The van der Waals surface area contributed by atoms with Gasteiger partial charge < -0.3 is 10.0 Å². The first-order valence-electron chi connectivity index (χ1n) is 12.7. The normalized spacial score (nSPS) is 14.7. The number of pyridine rings is 1. The molecule has 8 heteroatoms. The number of carbonyl (C=O) groups is 1. The van der Waals surface area contributed by atoms with Crippen molar-refractivity contribution in [3.8, 4) is 28.1 Å². The molecular formula is C30H35ClN4O2S. The van der Waals surface area contributed by atoms with Gasteiger partial charge in [0.2, 0.25) is 6.41 Å². The highest BCUT2D eigenvalue weighted by Gasteiger charge is 2.26. The van der Waals surface area contributed by atoms with Crippen molar-refractivity contribution >= 4 is 41.1 Å². The molecule has 6 nitrogen and oxygen atoms in total. The zero-order chi connectivity index (χ0) is 27.4. The topological polar surface area (TPSA) is 59.9 Å². The van der Waals surface area contributed by atoms with E-state index in [9.17, 15) is 9.90 Å². The highest BCUT2D eigenvalue weighted by atomic mass is 35.5. The Morgan fingerprint density at radius 3 is 2.42 bits per heavy atom. The molecule has 1 N–H and O–H groups in total. The van der Waals surface area contributed by atoms with E-state index in [-0.39, 0.29) is 11.3 Å². The Labute approximate surface area is 234 Å². The smallest absolute Gasteiger partial charge is 0.218 e. The summed E-state index contributed by atoms with van der Waals surface area (Å²) >= 11 is 8.07. The summed E-state index contributed by atoms with van der Waals surface area (Å²) in [4.78, 5) is 22.6. The number of hydrogen-bond acceptors (Lipinski definition) is 6. The molecule has 0 radical (unpaired) electrons. The SMILES string of the molecule is CS/C=C\N(C=O)c1ccc(-c2cc(C)nc(-c3cccc(N4CCN(C(C)(C)C)CC4)c3)c2O)cc1Cl. The summed E-state index contributed by atoms with van der Waals surface area (Å²) in [6.45, 7) is 12.6. The quantitative estimate of drug-likeness (QED) is 0.326. The van der Waals surface area contributed by atoms with E-state index in [1.54, 1.807) is 18.3 Å². The zero-order valence-corrected chi connectivity index (χ0v) is 24.2. The van der Waals surface area contributed by atoms with Gasteiger partial charge in [-0.05, 0) is 75.3 Å². The molecule has 1 saturated heterocycles. The predicted octanol–water partition coefficient (Wildman–Crippen LogP) is 6.80. The predicted molar refractivity (Wildman–Crippen MR) is 161 cm³/mol. The minimum atomic E-state index is 0.101. The van der Waals surface area contributed by atoms with Crippen LogP contribution in [0.1, 0.15) is 26.5 Å². The van der Waals surface area contributed by atoms with Crippen molar-refractivity contribution in [2.75, 3.05) is 42.2 Å². The zero-order valence-electron chi connectivity index (χ0n) is 22.6.